The van der Waals surface area contributed by atoms with E-state index in [2.05, 4.69) is 137 Å². The summed E-state index contributed by atoms with van der Waals surface area (Å²) in [6, 6.07) is 50.7. The van der Waals surface area contributed by atoms with Gasteiger partial charge in [0.15, 0.2) is 0 Å². The monoisotopic (exact) mass is 568 g/mol. The Hall–Kier alpha value is -5.65. The molecule has 2 atom stereocenters. The van der Waals surface area contributed by atoms with Crippen LogP contribution in [0.2, 0.25) is 0 Å². The molecule has 0 saturated heterocycles. The lowest BCUT2D eigenvalue weighted by molar-refractivity contribution is 0.408. The standard InChI is InChI=1S/C39H28N4O/c1-4-13-25(14-5-1)37-40-38(26-15-6-2-7-16-26)42-39(41-37)31-21-12-20-28-29-23-24-33-34(36(29)44-35(28)31)30-19-10-11-22-32(30)43(33)27-17-8-3-9-18-27/h1-24,37,39,41H,(H,40,42). The highest BCUT2D eigenvalue weighted by Gasteiger charge is 2.28. The number of nitrogens with zero attached hydrogens (tertiary/aromatic N) is 2. The summed E-state index contributed by atoms with van der Waals surface area (Å²) in [5.41, 5.74) is 8.40. The second kappa shape index (κ2) is 9.97. The third-order valence-corrected chi connectivity index (χ3v) is 8.68. The molecule has 9 rings (SSSR count). The summed E-state index contributed by atoms with van der Waals surface area (Å²) in [5.74, 6) is 0.852. The molecule has 44 heavy (non-hydrogen) atoms. The highest BCUT2D eigenvalue weighted by Crippen LogP contribution is 2.42. The zero-order valence-electron chi connectivity index (χ0n) is 23.8. The van der Waals surface area contributed by atoms with Gasteiger partial charge in [-0.15, -0.1) is 0 Å². The summed E-state index contributed by atoms with van der Waals surface area (Å²) in [6.45, 7) is 0. The lowest BCUT2D eigenvalue weighted by atomic mass is 10.0. The van der Waals surface area contributed by atoms with Crippen LogP contribution in [0.3, 0.4) is 0 Å². The van der Waals surface area contributed by atoms with Gasteiger partial charge in [-0.3, -0.25) is 5.32 Å². The van der Waals surface area contributed by atoms with Crippen molar-refractivity contribution in [2.24, 2.45) is 4.99 Å². The molecule has 3 heterocycles. The molecule has 2 unspecified atom stereocenters. The Labute approximate surface area is 254 Å². The topological polar surface area (TPSA) is 54.5 Å². The molecule has 6 aromatic carbocycles. The second-order valence-electron chi connectivity index (χ2n) is 11.3. The van der Waals surface area contributed by atoms with Gasteiger partial charge in [-0.25, -0.2) is 4.99 Å². The van der Waals surface area contributed by atoms with Gasteiger partial charge in [0.2, 0.25) is 0 Å². The van der Waals surface area contributed by atoms with Crippen LogP contribution < -0.4 is 10.6 Å². The maximum absolute atomic E-state index is 6.96. The fourth-order valence-corrected chi connectivity index (χ4v) is 6.68. The van der Waals surface area contributed by atoms with Gasteiger partial charge in [0, 0.05) is 33.0 Å². The highest BCUT2D eigenvalue weighted by molar-refractivity contribution is 6.24. The molecule has 5 heteroatoms. The largest absolute Gasteiger partial charge is 0.455 e. The van der Waals surface area contributed by atoms with Gasteiger partial charge in [0.25, 0.3) is 0 Å². The lowest BCUT2D eigenvalue weighted by Crippen LogP contribution is -2.45. The van der Waals surface area contributed by atoms with Crippen molar-refractivity contribution in [3.8, 4) is 5.69 Å². The van der Waals surface area contributed by atoms with Crippen LogP contribution in [0.25, 0.3) is 49.4 Å². The molecule has 210 valence electrons. The molecule has 0 spiro atoms. The first kappa shape index (κ1) is 24.9. The lowest BCUT2D eigenvalue weighted by Gasteiger charge is -2.32. The summed E-state index contributed by atoms with van der Waals surface area (Å²) in [6.07, 6.45) is -0.439. The van der Waals surface area contributed by atoms with Crippen molar-refractivity contribution < 1.29 is 4.42 Å². The van der Waals surface area contributed by atoms with Gasteiger partial charge in [-0.2, -0.15) is 0 Å². The minimum Gasteiger partial charge on any atom is -0.455 e. The van der Waals surface area contributed by atoms with Crippen molar-refractivity contribution in [3.05, 3.63) is 162 Å². The van der Waals surface area contributed by atoms with Gasteiger partial charge >= 0.3 is 0 Å². The molecule has 1 aliphatic rings. The van der Waals surface area contributed by atoms with Crippen LogP contribution in [0.15, 0.2) is 155 Å². The fourth-order valence-electron chi connectivity index (χ4n) is 6.68. The number of aromatic nitrogens is 1. The predicted molar refractivity (Wildman–Crippen MR) is 179 cm³/mol. The van der Waals surface area contributed by atoms with E-state index in [9.17, 15) is 0 Å². The first-order valence-electron chi connectivity index (χ1n) is 15.0. The van der Waals surface area contributed by atoms with Crippen molar-refractivity contribution >= 4 is 49.6 Å². The average molecular weight is 569 g/mol. The first-order chi connectivity index (χ1) is 21.8. The molecule has 0 aliphatic carbocycles. The highest BCUT2D eigenvalue weighted by atomic mass is 16.3. The minimum atomic E-state index is -0.224. The number of amidine groups is 1. The number of para-hydroxylation sites is 3. The smallest absolute Gasteiger partial charge is 0.145 e. The molecule has 0 saturated carbocycles. The van der Waals surface area contributed by atoms with Gasteiger partial charge < -0.3 is 14.3 Å². The van der Waals surface area contributed by atoms with E-state index in [4.69, 9.17) is 9.41 Å². The molecule has 0 amide bonds. The summed E-state index contributed by atoms with van der Waals surface area (Å²) in [4.78, 5) is 5.09. The number of nitrogens with one attached hydrogen (secondary N) is 2. The predicted octanol–water partition coefficient (Wildman–Crippen LogP) is 9.02. The Morgan fingerprint density at radius 1 is 0.568 bits per heavy atom. The number of rotatable bonds is 4. The molecule has 0 bridgehead atoms. The van der Waals surface area contributed by atoms with Crippen molar-refractivity contribution in [1.82, 2.24) is 15.2 Å². The van der Waals surface area contributed by atoms with E-state index < -0.39 is 0 Å². The Kier molecular flexibility index (Phi) is 5.64. The maximum Gasteiger partial charge on any atom is 0.145 e. The zero-order chi connectivity index (χ0) is 29.0. The third-order valence-electron chi connectivity index (χ3n) is 8.68. The number of hydrogen-bond donors (Lipinski definition) is 2. The van der Waals surface area contributed by atoms with Crippen LogP contribution in [0, 0.1) is 0 Å². The van der Waals surface area contributed by atoms with E-state index in [1.807, 2.05) is 24.3 Å². The molecule has 2 aromatic heterocycles. The molecule has 0 fully saturated rings. The van der Waals surface area contributed by atoms with Crippen molar-refractivity contribution in [3.63, 3.8) is 0 Å². The van der Waals surface area contributed by atoms with Gasteiger partial charge in [0.05, 0.1) is 16.4 Å². The third kappa shape index (κ3) is 3.87. The number of fused-ring (bicyclic) bond motifs is 7. The summed E-state index contributed by atoms with van der Waals surface area (Å²) < 4.78 is 9.28. The normalized spacial score (nSPS) is 16.9. The van der Waals surface area contributed by atoms with Crippen molar-refractivity contribution in [2.45, 2.75) is 12.3 Å². The Bertz CT molecular complexity index is 2340. The van der Waals surface area contributed by atoms with Crippen molar-refractivity contribution in [2.75, 3.05) is 0 Å². The van der Waals surface area contributed by atoms with Crippen LogP contribution in [-0.4, -0.2) is 10.4 Å². The van der Waals surface area contributed by atoms with Gasteiger partial charge in [0.1, 0.15) is 29.3 Å². The van der Waals surface area contributed by atoms with Crippen molar-refractivity contribution in [1.29, 1.82) is 0 Å². The number of furan rings is 1. The maximum atomic E-state index is 6.96. The van der Waals surface area contributed by atoms with E-state index >= 15 is 0 Å². The fraction of sp³-hybridized carbons (Fsp3) is 0.0513. The molecule has 1 aliphatic heterocycles. The van der Waals surface area contributed by atoms with Crippen LogP contribution in [0.1, 0.15) is 29.0 Å². The van der Waals surface area contributed by atoms with E-state index in [1.54, 1.807) is 0 Å². The number of aliphatic imine (C=N–C) groups is 1. The molecular formula is C39H28N4O. The molecular weight excluding hydrogens is 540 g/mol. The van der Waals surface area contributed by atoms with E-state index in [-0.39, 0.29) is 12.3 Å². The molecule has 8 aromatic rings. The van der Waals surface area contributed by atoms with Crippen LogP contribution in [0.4, 0.5) is 0 Å². The average Bonchev–Trinajstić information content (AvgIpc) is 3.65. The van der Waals surface area contributed by atoms with Gasteiger partial charge in [-0.05, 0) is 35.9 Å². The van der Waals surface area contributed by atoms with Crippen LogP contribution in [-0.2, 0) is 0 Å². The number of hydrogen-bond acceptors (Lipinski definition) is 4. The first-order valence-corrected chi connectivity index (χ1v) is 15.0. The summed E-state index contributed by atoms with van der Waals surface area (Å²) >= 11 is 0. The van der Waals surface area contributed by atoms with Crippen LogP contribution >= 0.6 is 0 Å². The van der Waals surface area contributed by atoms with E-state index in [1.165, 1.54) is 5.39 Å². The van der Waals surface area contributed by atoms with Crippen LogP contribution in [0.5, 0.6) is 0 Å². The van der Waals surface area contributed by atoms with Gasteiger partial charge in [-0.1, -0.05) is 115 Å². The second-order valence-corrected chi connectivity index (χ2v) is 11.3. The van der Waals surface area contributed by atoms with E-state index in [0.717, 1.165) is 66.6 Å². The molecule has 2 N–H and O–H groups in total. The zero-order valence-corrected chi connectivity index (χ0v) is 23.8. The summed E-state index contributed by atoms with van der Waals surface area (Å²) in [7, 11) is 0. The number of benzene rings is 6. The Morgan fingerprint density at radius 2 is 1.25 bits per heavy atom. The Balaban J connectivity index is 1.25. The Morgan fingerprint density at radius 3 is 2.07 bits per heavy atom. The SMILES string of the molecule is c1ccc(C2=NC(c3ccccc3)NC(c3cccc4c3oc3c4ccc4c3c3ccccc3n4-c3ccccc3)N2)cc1. The summed E-state index contributed by atoms with van der Waals surface area (Å²) in [5, 5.41) is 11.9. The minimum absolute atomic E-state index is 0.215. The molecule has 5 nitrogen and oxygen atoms in total. The molecule has 0 radical (unpaired) electrons. The van der Waals surface area contributed by atoms with E-state index in [0.29, 0.717) is 0 Å². The quantitative estimate of drug-likeness (QED) is 0.223.